The number of benzene rings is 2. The fraction of sp³-hybridized carbons (Fsp3) is 0.208. The zero-order chi connectivity index (χ0) is 24.9. The molecule has 3 heterocycles. The number of piperazine rings is 1. The Labute approximate surface area is 203 Å². The SMILES string of the molecule is C=CC(=O)N1CCN(c2c3c(nc4c(F)c(-c5c(O)cccc5F)c(Cl)cc24)NC(=O)CO3)CC1. The van der Waals surface area contributed by atoms with Crippen molar-refractivity contribution in [3.05, 3.63) is 53.6 Å². The fourth-order valence-corrected chi connectivity index (χ4v) is 4.69. The van der Waals surface area contributed by atoms with E-state index >= 15 is 4.39 Å². The molecule has 2 N–H and O–H groups in total. The van der Waals surface area contributed by atoms with Gasteiger partial charge in [0, 0.05) is 37.1 Å². The number of nitrogens with zero attached hydrogens (tertiary/aromatic N) is 3. The van der Waals surface area contributed by atoms with Crippen molar-refractivity contribution in [2.45, 2.75) is 0 Å². The molecular weight excluding hydrogens is 482 g/mol. The van der Waals surface area contributed by atoms with E-state index in [-0.39, 0.29) is 45.6 Å². The molecule has 0 atom stereocenters. The summed E-state index contributed by atoms with van der Waals surface area (Å²) in [6.07, 6.45) is 1.24. The van der Waals surface area contributed by atoms with Crippen molar-refractivity contribution in [3.63, 3.8) is 0 Å². The lowest BCUT2D eigenvalue weighted by atomic mass is 9.99. The summed E-state index contributed by atoms with van der Waals surface area (Å²) in [6, 6.07) is 5.03. The summed E-state index contributed by atoms with van der Waals surface area (Å²) in [6.45, 7) is 4.80. The van der Waals surface area contributed by atoms with Gasteiger partial charge in [-0.05, 0) is 24.3 Å². The molecule has 0 saturated carbocycles. The Kier molecular flexibility index (Phi) is 5.68. The molecule has 0 bridgehead atoms. The second kappa shape index (κ2) is 8.70. The number of phenolic OH excluding ortho intramolecular Hbond substituents is 1. The number of aromatic nitrogens is 1. The van der Waals surface area contributed by atoms with Gasteiger partial charge in [0.2, 0.25) is 5.91 Å². The third-order valence-corrected chi connectivity index (χ3v) is 6.33. The molecule has 1 saturated heterocycles. The Morgan fingerprint density at radius 1 is 1.23 bits per heavy atom. The lowest BCUT2D eigenvalue weighted by molar-refractivity contribution is -0.126. The zero-order valence-corrected chi connectivity index (χ0v) is 19.0. The fourth-order valence-electron chi connectivity index (χ4n) is 4.41. The standard InChI is InChI=1S/C24H19ClF2N4O4/c1-2-17(34)30-6-8-31(9-7-30)22-12-10-13(25)18(19-14(26)4-3-5-15(19)32)20(27)21(12)29-24-23(22)35-11-16(33)28-24/h2-5,10,32H,1,6-9,11H2,(H,28,29,33). The van der Waals surface area contributed by atoms with Gasteiger partial charge >= 0.3 is 0 Å². The Hall–Kier alpha value is -3.92. The van der Waals surface area contributed by atoms with Crippen molar-refractivity contribution in [1.29, 1.82) is 0 Å². The number of aromatic hydroxyl groups is 1. The summed E-state index contributed by atoms with van der Waals surface area (Å²) in [4.78, 5) is 31.8. The van der Waals surface area contributed by atoms with Crippen molar-refractivity contribution in [2.24, 2.45) is 0 Å². The first-order valence-electron chi connectivity index (χ1n) is 10.7. The Bertz CT molecular complexity index is 1390. The van der Waals surface area contributed by atoms with Gasteiger partial charge < -0.3 is 25.0 Å². The number of carbonyl (C=O) groups excluding carboxylic acids is 2. The molecule has 2 aromatic carbocycles. The van der Waals surface area contributed by atoms with Crippen molar-refractivity contribution < 1.29 is 28.2 Å². The van der Waals surface area contributed by atoms with Crippen LogP contribution in [0.1, 0.15) is 0 Å². The highest BCUT2D eigenvalue weighted by Crippen LogP contribution is 2.47. The number of hydrogen-bond donors (Lipinski definition) is 2. The first-order chi connectivity index (χ1) is 16.8. The van der Waals surface area contributed by atoms with E-state index < -0.39 is 28.9 Å². The van der Waals surface area contributed by atoms with Gasteiger partial charge in [-0.2, -0.15) is 0 Å². The number of carbonyl (C=O) groups is 2. The number of halogens is 3. The van der Waals surface area contributed by atoms with Gasteiger partial charge in [0.25, 0.3) is 5.91 Å². The van der Waals surface area contributed by atoms with Crippen LogP contribution in [0, 0.1) is 11.6 Å². The van der Waals surface area contributed by atoms with Gasteiger partial charge in [0.05, 0.1) is 16.3 Å². The van der Waals surface area contributed by atoms with Crippen molar-refractivity contribution in [2.75, 3.05) is 43.0 Å². The van der Waals surface area contributed by atoms with Crippen LogP contribution in [0.5, 0.6) is 11.5 Å². The summed E-state index contributed by atoms with van der Waals surface area (Å²) < 4.78 is 36.2. The van der Waals surface area contributed by atoms with Crippen molar-refractivity contribution in [1.82, 2.24) is 9.88 Å². The zero-order valence-electron chi connectivity index (χ0n) is 18.3. The summed E-state index contributed by atoms with van der Waals surface area (Å²) in [7, 11) is 0. The predicted molar refractivity (Wildman–Crippen MR) is 127 cm³/mol. The smallest absolute Gasteiger partial charge is 0.263 e. The average Bonchev–Trinajstić information content (AvgIpc) is 2.84. The van der Waals surface area contributed by atoms with Gasteiger partial charge in [-0.3, -0.25) is 9.59 Å². The number of pyridine rings is 1. The summed E-state index contributed by atoms with van der Waals surface area (Å²) >= 11 is 6.45. The van der Waals surface area contributed by atoms with Crippen LogP contribution in [0.4, 0.5) is 20.3 Å². The lowest BCUT2D eigenvalue weighted by Crippen LogP contribution is -2.48. The normalized spacial score (nSPS) is 15.5. The molecule has 0 aliphatic carbocycles. The number of amides is 2. The van der Waals surface area contributed by atoms with Crippen molar-refractivity contribution in [3.8, 4) is 22.6 Å². The Morgan fingerprint density at radius 3 is 2.66 bits per heavy atom. The molecule has 0 unspecified atom stereocenters. The maximum atomic E-state index is 15.9. The van der Waals surface area contributed by atoms with Crippen molar-refractivity contribution >= 4 is 45.8 Å². The van der Waals surface area contributed by atoms with Crippen LogP contribution in [-0.4, -0.2) is 59.6 Å². The van der Waals surface area contributed by atoms with Gasteiger partial charge in [0.15, 0.2) is 24.0 Å². The third-order valence-electron chi connectivity index (χ3n) is 6.03. The van der Waals surface area contributed by atoms with E-state index in [0.717, 1.165) is 6.07 Å². The quantitative estimate of drug-likeness (QED) is 0.532. The maximum absolute atomic E-state index is 15.9. The molecule has 1 aromatic heterocycles. The third kappa shape index (κ3) is 3.79. The first kappa shape index (κ1) is 22.9. The molecule has 2 aliphatic rings. The topological polar surface area (TPSA) is 95.0 Å². The summed E-state index contributed by atoms with van der Waals surface area (Å²) in [5, 5.41) is 13.0. The van der Waals surface area contributed by atoms with Crippen LogP contribution in [0.3, 0.4) is 0 Å². The second-order valence-electron chi connectivity index (χ2n) is 8.07. The monoisotopic (exact) mass is 500 g/mol. The highest BCUT2D eigenvalue weighted by molar-refractivity contribution is 6.34. The molecule has 0 spiro atoms. The molecule has 2 amide bonds. The number of anilines is 2. The van der Waals surface area contributed by atoms with Gasteiger partial charge in [-0.25, -0.2) is 13.8 Å². The van der Waals surface area contributed by atoms with Crippen LogP contribution in [0.25, 0.3) is 22.0 Å². The minimum atomic E-state index is -0.961. The summed E-state index contributed by atoms with van der Waals surface area (Å²) in [5.74, 6) is -2.70. The van der Waals surface area contributed by atoms with Crippen LogP contribution in [0.15, 0.2) is 36.9 Å². The Morgan fingerprint density at radius 2 is 1.97 bits per heavy atom. The minimum absolute atomic E-state index is 0.0123. The lowest BCUT2D eigenvalue weighted by Gasteiger charge is -2.37. The molecule has 35 heavy (non-hydrogen) atoms. The van der Waals surface area contributed by atoms with E-state index in [1.54, 1.807) is 4.90 Å². The van der Waals surface area contributed by atoms with Crippen LogP contribution in [0.2, 0.25) is 5.02 Å². The van der Waals surface area contributed by atoms with E-state index in [4.69, 9.17) is 16.3 Å². The molecular formula is C24H19ClF2N4O4. The Balaban J connectivity index is 1.72. The number of ether oxygens (including phenoxy) is 1. The molecule has 2 aliphatic heterocycles. The number of phenols is 1. The number of nitrogens with one attached hydrogen (secondary N) is 1. The predicted octanol–water partition coefficient (Wildman–Crippen LogP) is 3.70. The summed E-state index contributed by atoms with van der Waals surface area (Å²) in [5.41, 5.74) is -0.482. The molecule has 1 fully saturated rings. The minimum Gasteiger partial charge on any atom is -0.507 e. The molecule has 3 aromatic rings. The average molecular weight is 501 g/mol. The van der Waals surface area contributed by atoms with Gasteiger partial charge in [-0.1, -0.05) is 24.2 Å². The molecule has 180 valence electrons. The number of rotatable bonds is 3. The van der Waals surface area contributed by atoms with E-state index in [1.165, 1.54) is 24.3 Å². The molecule has 11 heteroatoms. The molecule has 0 radical (unpaired) electrons. The highest BCUT2D eigenvalue weighted by Gasteiger charge is 2.32. The molecule has 5 rings (SSSR count). The largest absolute Gasteiger partial charge is 0.507 e. The van der Waals surface area contributed by atoms with Gasteiger partial charge in [0.1, 0.15) is 17.1 Å². The number of hydrogen-bond acceptors (Lipinski definition) is 6. The second-order valence-corrected chi connectivity index (χ2v) is 8.48. The van der Waals surface area contributed by atoms with Gasteiger partial charge in [-0.15, -0.1) is 0 Å². The maximum Gasteiger partial charge on any atom is 0.263 e. The molecule has 8 nitrogen and oxygen atoms in total. The van der Waals surface area contributed by atoms with E-state index in [9.17, 15) is 19.1 Å². The van der Waals surface area contributed by atoms with Crippen LogP contribution in [-0.2, 0) is 9.59 Å². The van der Waals surface area contributed by atoms with Crippen LogP contribution >= 0.6 is 11.6 Å². The van der Waals surface area contributed by atoms with E-state index in [0.29, 0.717) is 31.9 Å². The first-order valence-corrected chi connectivity index (χ1v) is 11.1. The van der Waals surface area contributed by atoms with E-state index in [2.05, 4.69) is 16.9 Å². The van der Waals surface area contributed by atoms with E-state index in [1.807, 2.05) is 4.90 Å². The highest BCUT2D eigenvalue weighted by atomic mass is 35.5. The van der Waals surface area contributed by atoms with Crippen LogP contribution < -0.4 is 15.0 Å². The number of fused-ring (bicyclic) bond motifs is 2.